The highest BCUT2D eigenvalue weighted by molar-refractivity contribution is 6.33. The summed E-state index contributed by atoms with van der Waals surface area (Å²) in [6.45, 7) is 2.49. The van der Waals surface area contributed by atoms with E-state index in [2.05, 4.69) is 10.2 Å². The average Bonchev–Trinajstić information content (AvgIpc) is 3.44. The smallest absolute Gasteiger partial charge is 0.291 e. The van der Waals surface area contributed by atoms with E-state index < -0.39 is 0 Å². The van der Waals surface area contributed by atoms with Gasteiger partial charge in [0.05, 0.1) is 17.7 Å². The fourth-order valence-corrected chi connectivity index (χ4v) is 4.80. The maximum atomic E-state index is 13.1. The Kier molecular flexibility index (Phi) is 7.58. The second-order valence-electron chi connectivity index (χ2n) is 8.77. The van der Waals surface area contributed by atoms with Crippen molar-refractivity contribution in [2.24, 2.45) is 0 Å². The number of benzene rings is 3. The Morgan fingerprint density at radius 2 is 1.63 bits per heavy atom. The summed E-state index contributed by atoms with van der Waals surface area (Å²) in [7, 11) is 1.54. The number of ether oxygens (including phenoxy) is 1. The zero-order valence-electron chi connectivity index (χ0n) is 20.6. The summed E-state index contributed by atoms with van der Waals surface area (Å²) < 4.78 is 11.1. The van der Waals surface area contributed by atoms with Gasteiger partial charge >= 0.3 is 0 Å². The van der Waals surface area contributed by atoms with Crippen molar-refractivity contribution in [1.29, 1.82) is 0 Å². The van der Waals surface area contributed by atoms with Gasteiger partial charge in [0.15, 0.2) is 5.76 Å². The number of hydrogen-bond acceptors (Lipinski definition) is 5. The molecule has 1 aliphatic heterocycles. The topological polar surface area (TPSA) is 75.0 Å². The highest BCUT2D eigenvalue weighted by Gasteiger charge is 2.25. The Morgan fingerprint density at radius 1 is 0.895 bits per heavy atom. The molecule has 0 radical (unpaired) electrons. The van der Waals surface area contributed by atoms with Crippen LogP contribution in [0, 0.1) is 0 Å². The number of hydrogen-bond donors (Lipinski definition) is 1. The number of carbonyl (C=O) groups excluding carboxylic acids is 2. The van der Waals surface area contributed by atoms with Crippen molar-refractivity contribution in [3.05, 3.63) is 100 Å². The molecule has 2 amide bonds. The van der Waals surface area contributed by atoms with Gasteiger partial charge in [-0.05, 0) is 66.7 Å². The van der Waals surface area contributed by atoms with Crippen LogP contribution in [0.3, 0.4) is 0 Å². The zero-order chi connectivity index (χ0) is 26.6. The number of rotatable bonds is 6. The van der Waals surface area contributed by atoms with Crippen LogP contribution in [0.2, 0.25) is 10.0 Å². The lowest BCUT2D eigenvalue weighted by Crippen LogP contribution is -2.48. The molecule has 0 spiro atoms. The second-order valence-corrected chi connectivity index (χ2v) is 9.61. The number of methoxy groups -OCH3 is 1. The first-order valence-corrected chi connectivity index (χ1v) is 12.8. The summed E-state index contributed by atoms with van der Waals surface area (Å²) in [6.07, 6.45) is 0. The molecule has 1 saturated heterocycles. The molecular formula is C29H25Cl2N3O4. The number of amides is 2. The molecule has 1 aliphatic rings. The van der Waals surface area contributed by atoms with E-state index in [1.807, 2.05) is 42.5 Å². The molecule has 38 heavy (non-hydrogen) atoms. The third kappa shape index (κ3) is 5.49. The summed E-state index contributed by atoms with van der Waals surface area (Å²) in [5, 5.41) is 3.91. The molecule has 0 unspecified atom stereocenters. The number of piperazine rings is 1. The van der Waals surface area contributed by atoms with E-state index in [1.54, 1.807) is 41.3 Å². The lowest BCUT2D eigenvalue weighted by atomic mass is 10.1. The standard InChI is InChI=1S/C29H25Cl2N3O4/c1-37-25-11-6-19(30)18-23(25)29(36)34-16-14-33(15-17-34)21-9-7-20(8-10-21)32-28(35)27-13-12-26(38-27)22-4-2-3-5-24(22)31/h2-13,18H,14-17H2,1H3,(H,32,35). The van der Waals surface area contributed by atoms with Crippen molar-refractivity contribution in [2.45, 2.75) is 0 Å². The summed E-state index contributed by atoms with van der Waals surface area (Å²) in [4.78, 5) is 29.8. The van der Waals surface area contributed by atoms with Gasteiger partial charge in [0.2, 0.25) is 0 Å². The van der Waals surface area contributed by atoms with Gasteiger partial charge in [-0.3, -0.25) is 9.59 Å². The van der Waals surface area contributed by atoms with Crippen LogP contribution in [-0.4, -0.2) is 50.0 Å². The molecule has 1 fully saturated rings. The van der Waals surface area contributed by atoms with E-state index in [-0.39, 0.29) is 17.6 Å². The van der Waals surface area contributed by atoms with Gasteiger partial charge in [-0.15, -0.1) is 0 Å². The minimum atomic E-state index is -0.348. The molecule has 2 heterocycles. The largest absolute Gasteiger partial charge is 0.496 e. The van der Waals surface area contributed by atoms with Gasteiger partial charge in [0.25, 0.3) is 11.8 Å². The SMILES string of the molecule is COc1ccc(Cl)cc1C(=O)N1CCN(c2ccc(NC(=O)c3ccc(-c4ccccc4Cl)o3)cc2)CC1. The van der Waals surface area contributed by atoms with E-state index in [0.717, 1.165) is 11.3 Å². The van der Waals surface area contributed by atoms with E-state index in [0.29, 0.717) is 59.0 Å². The molecule has 3 aromatic carbocycles. The van der Waals surface area contributed by atoms with Crippen molar-refractivity contribution in [1.82, 2.24) is 4.90 Å². The van der Waals surface area contributed by atoms with Crippen molar-refractivity contribution >= 4 is 46.4 Å². The fourth-order valence-electron chi connectivity index (χ4n) is 4.40. The van der Waals surface area contributed by atoms with Crippen molar-refractivity contribution < 1.29 is 18.7 Å². The first-order valence-electron chi connectivity index (χ1n) is 12.1. The molecule has 9 heteroatoms. The Hall–Kier alpha value is -3.94. The minimum absolute atomic E-state index is 0.0994. The van der Waals surface area contributed by atoms with E-state index in [4.69, 9.17) is 32.4 Å². The van der Waals surface area contributed by atoms with Crippen LogP contribution in [0.1, 0.15) is 20.9 Å². The van der Waals surface area contributed by atoms with Gasteiger partial charge in [-0.25, -0.2) is 0 Å². The van der Waals surface area contributed by atoms with Crippen LogP contribution in [0.4, 0.5) is 11.4 Å². The number of carbonyl (C=O) groups is 2. The first kappa shape index (κ1) is 25.7. The molecule has 1 N–H and O–H groups in total. The zero-order valence-corrected chi connectivity index (χ0v) is 22.1. The van der Waals surface area contributed by atoms with Crippen molar-refractivity contribution in [3.8, 4) is 17.1 Å². The molecule has 0 aliphatic carbocycles. The number of nitrogens with one attached hydrogen (secondary N) is 1. The maximum absolute atomic E-state index is 13.1. The highest BCUT2D eigenvalue weighted by Crippen LogP contribution is 2.30. The lowest BCUT2D eigenvalue weighted by molar-refractivity contribution is 0.0743. The van der Waals surface area contributed by atoms with Crippen LogP contribution >= 0.6 is 23.2 Å². The average molecular weight is 550 g/mol. The normalized spacial score (nSPS) is 13.3. The van der Waals surface area contributed by atoms with Crippen LogP contribution in [-0.2, 0) is 0 Å². The number of anilines is 2. The van der Waals surface area contributed by atoms with Crippen molar-refractivity contribution in [2.75, 3.05) is 43.5 Å². The Bertz CT molecular complexity index is 1460. The van der Waals surface area contributed by atoms with Crippen LogP contribution in [0.15, 0.2) is 83.3 Å². The summed E-state index contributed by atoms with van der Waals surface area (Å²) in [5.41, 5.74) is 2.85. The Labute approximate surface area is 230 Å². The first-order chi connectivity index (χ1) is 18.4. The minimum Gasteiger partial charge on any atom is -0.496 e. The van der Waals surface area contributed by atoms with Gasteiger partial charge in [0.1, 0.15) is 11.5 Å². The van der Waals surface area contributed by atoms with Gasteiger partial charge in [0, 0.05) is 48.1 Å². The highest BCUT2D eigenvalue weighted by atomic mass is 35.5. The second kappa shape index (κ2) is 11.2. The lowest BCUT2D eigenvalue weighted by Gasteiger charge is -2.36. The number of nitrogens with zero attached hydrogens (tertiary/aromatic N) is 2. The van der Waals surface area contributed by atoms with E-state index in [9.17, 15) is 9.59 Å². The van der Waals surface area contributed by atoms with E-state index in [1.165, 1.54) is 7.11 Å². The predicted octanol–water partition coefficient (Wildman–Crippen LogP) is 6.48. The maximum Gasteiger partial charge on any atom is 0.291 e. The molecule has 0 atom stereocenters. The van der Waals surface area contributed by atoms with Gasteiger partial charge in [-0.2, -0.15) is 0 Å². The van der Waals surface area contributed by atoms with Crippen molar-refractivity contribution in [3.63, 3.8) is 0 Å². The fraction of sp³-hybridized carbons (Fsp3) is 0.172. The Balaban J connectivity index is 1.18. The molecule has 5 rings (SSSR count). The molecule has 1 aromatic heterocycles. The van der Waals surface area contributed by atoms with Gasteiger partial charge < -0.3 is 24.3 Å². The molecule has 7 nitrogen and oxygen atoms in total. The summed E-state index contributed by atoms with van der Waals surface area (Å²) >= 11 is 12.3. The molecule has 0 bridgehead atoms. The quantitative estimate of drug-likeness (QED) is 0.298. The Morgan fingerprint density at radius 3 is 2.34 bits per heavy atom. The van der Waals surface area contributed by atoms with Gasteiger partial charge in [-0.1, -0.05) is 35.3 Å². The summed E-state index contributed by atoms with van der Waals surface area (Å²) in [6, 6.07) is 23.3. The van der Waals surface area contributed by atoms with E-state index >= 15 is 0 Å². The third-order valence-corrected chi connectivity index (χ3v) is 6.98. The molecule has 0 saturated carbocycles. The number of halogens is 2. The molecular weight excluding hydrogens is 525 g/mol. The molecule has 194 valence electrons. The van der Waals surface area contributed by atoms with Crippen LogP contribution in [0.5, 0.6) is 5.75 Å². The number of furan rings is 1. The van der Waals surface area contributed by atoms with Crippen LogP contribution in [0.25, 0.3) is 11.3 Å². The third-order valence-electron chi connectivity index (χ3n) is 6.42. The predicted molar refractivity (Wildman–Crippen MR) is 150 cm³/mol. The molecule has 4 aromatic rings. The summed E-state index contributed by atoms with van der Waals surface area (Å²) in [5.74, 6) is 0.787. The monoisotopic (exact) mass is 549 g/mol. The van der Waals surface area contributed by atoms with Crippen LogP contribution < -0.4 is 15.0 Å².